The maximum Gasteiger partial charge on any atom is 0.417 e. The lowest BCUT2D eigenvalue weighted by Gasteiger charge is -2.12. The average molecular weight is 269 g/mol. The number of rotatable bonds is 3. The van der Waals surface area contributed by atoms with Gasteiger partial charge in [0.2, 0.25) is 0 Å². The van der Waals surface area contributed by atoms with Crippen LogP contribution in [-0.2, 0) is 6.18 Å². The molecule has 0 aliphatic rings. The molecular weight excluding hydrogens is 259 g/mol. The molecule has 0 saturated heterocycles. The molecule has 7 heteroatoms. The Morgan fingerprint density at radius 1 is 1.47 bits per heavy atom. The van der Waals surface area contributed by atoms with E-state index in [9.17, 15) is 18.0 Å². The van der Waals surface area contributed by atoms with Gasteiger partial charge in [0.25, 0.3) is 5.91 Å². The van der Waals surface area contributed by atoms with Gasteiger partial charge in [-0.25, -0.2) is 0 Å². The number of amides is 1. The smallest absolute Gasteiger partial charge is 0.306 e. The van der Waals surface area contributed by atoms with Crippen LogP contribution in [0.25, 0.3) is 0 Å². The Morgan fingerprint density at radius 2 is 2.11 bits per heavy atom. The second-order valence-electron chi connectivity index (χ2n) is 3.48. The monoisotopic (exact) mass is 269 g/mol. The third kappa shape index (κ3) is 3.51. The zero-order valence-electron chi connectivity index (χ0n) is 9.71. The highest BCUT2D eigenvalue weighted by molar-refractivity contribution is 6.12. The standard InChI is InChI=1S/C12H10F3N3O/c1-3-7(2)10(16)18-11(19)8-6-17-5-4-9(8)12(13,14)15/h3-6H,1-2H2,(H2,16,18,19). The van der Waals surface area contributed by atoms with Gasteiger partial charge in [0, 0.05) is 18.0 Å². The quantitative estimate of drug-likeness (QED) is 0.503. The van der Waals surface area contributed by atoms with Crippen LogP contribution in [0.4, 0.5) is 13.2 Å². The van der Waals surface area contributed by atoms with Gasteiger partial charge in [0.15, 0.2) is 0 Å². The molecule has 0 aromatic carbocycles. The number of amidine groups is 1. The zero-order valence-corrected chi connectivity index (χ0v) is 9.71. The summed E-state index contributed by atoms with van der Waals surface area (Å²) in [4.78, 5) is 15.2. The van der Waals surface area contributed by atoms with Crippen molar-refractivity contribution in [2.75, 3.05) is 0 Å². The van der Waals surface area contributed by atoms with E-state index in [1.54, 1.807) is 0 Å². The molecule has 0 radical (unpaired) electrons. The fourth-order valence-corrected chi connectivity index (χ4v) is 1.19. The first kappa shape index (κ1) is 14.6. The topological polar surface area (TPSA) is 65.8 Å². The lowest BCUT2D eigenvalue weighted by Crippen LogP contribution is -2.32. The molecule has 0 atom stereocenters. The SMILES string of the molecule is C=CC(=C)C(=N)NC(=O)c1cnccc1C(F)(F)F. The summed E-state index contributed by atoms with van der Waals surface area (Å²) in [6.45, 7) is 6.73. The van der Waals surface area contributed by atoms with Gasteiger partial charge in [-0.3, -0.25) is 15.2 Å². The highest BCUT2D eigenvalue weighted by Gasteiger charge is 2.35. The number of halogens is 3. The molecule has 0 aliphatic heterocycles. The van der Waals surface area contributed by atoms with Crippen molar-refractivity contribution in [2.45, 2.75) is 6.18 Å². The van der Waals surface area contributed by atoms with Gasteiger partial charge in [0.1, 0.15) is 5.84 Å². The average Bonchev–Trinajstić information content (AvgIpc) is 2.36. The Balaban J connectivity index is 3.05. The van der Waals surface area contributed by atoms with Crippen molar-refractivity contribution in [3.05, 3.63) is 54.4 Å². The van der Waals surface area contributed by atoms with Crippen molar-refractivity contribution >= 4 is 11.7 Å². The number of alkyl halides is 3. The molecule has 1 amide bonds. The molecule has 0 fully saturated rings. The molecule has 0 spiro atoms. The van der Waals surface area contributed by atoms with Crippen molar-refractivity contribution < 1.29 is 18.0 Å². The molecule has 0 bridgehead atoms. The van der Waals surface area contributed by atoms with Gasteiger partial charge in [-0.05, 0) is 6.07 Å². The number of nitrogens with zero attached hydrogens (tertiary/aromatic N) is 1. The largest absolute Gasteiger partial charge is 0.417 e. The first-order valence-electron chi connectivity index (χ1n) is 5.00. The van der Waals surface area contributed by atoms with Crippen molar-refractivity contribution in [3.63, 3.8) is 0 Å². The Hall–Kier alpha value is -2.44. The summed E-state index contributed by atoms with van der Waals surface area (Å²) in [6.07, 6.45) is -1.74. The number of pyridine rings is 1. The Morgan fingerprint density at radius 3 is 2.63 bits per heavy atom. The number of hydrogen-bond acceptors (Lipinski definition) is 3. The first-order chi connectivity index (χ1) is 8.77. The zero-order chi connectivity index (χ0) is 14.6. The van der Waals surface area contributed by atoms with Crippen LogP contribution in [0.1, 0.15) is 15.9 Å². The van der Waals surface area contributed by atoms with Crippen molar-refractivity contribution in [2.24, 2.45) is 0 Å². The maximum atomic E-state index is 12.7. The Labute approximate surface area is 107 Å². The van der Waals surface area contributed by atoms with E-state index in [1.807, 2.05) is 5.32 Å². The number of nitrogens with one attached hydrogen (secondary N) is 2. The summed E-state index contributed by atoms with van der Waals surface area (Å²) < 4.78 is 38.0. The van der Waals surface area contributed by atoms with Crippen molar-refractivity contribution in [1.82, 2.24) is 10.3 Å². The first-order valence-corrected chi connectivity index (χ1v) is 5.00. The van der Waals surface area contributed by atoms with Crippen molar-refractivity contribution in [1.29, 1.82) is 5.41 Å². The van der Waals surface area contributed by atoms with Crippen LogP contribution in [-0.4, -0.2) is 16.7 Å². The van der Waals surface area contributed by atoms with Gasteiger partial charge in [-0.1, -0.05) is 19.2 Å². The summed E-state index contributed by atoms with van der Waals surface area (Å²) in [5.74, 6) is -1.49. The lowest BCUT2D eigenvalue weighted by atomic mass is 10.1. The van der Waals surface area contributed by atoms with E-state index < -0.39 is 29.0 Å². The van der Waals surface area contributed by atoms with Crippen LogP contribution in [0.5, 0.6) is 0 Å². The predicted octanol–water partition coefficient (Wildman–Crippen LogP) is 2.55. The summed E-state index contributed by atoms with van der Waals surface area (Å²) in [7, 11) is 0. The molecule has 2 N–H and O–H groups in total. The summed E-state index contributed by atoms with van der Waals surface area (Å²) in [5.41, 5.74) is -1.68. The fraction of sp³-hybridized carbons (Fsp3) is 0.0833. The van der Waals surface area contributed by atoms with Crippen LogP contribution < -0.4 is 5.32 Å². The predicted molar refractivity (Wildman–Crippen MR) is 63.8 cm³/mol. The molecule has 4 nitrogen and oxygen atoms in total. The molecule has 1 aromatic rings. The van der Waals surface area contributed by atoms with Crippen LogP contribution >= 0.6 is 0 Å². The molecule has 0 saturated carbocycles. The van der Waals surface area contributed by atoms with E-state index in [4.69, 9.17) is 5.41 Å². The maximum absolute atomic E-state index is 12.7. The van der Waals surface area contributed by atoms with E-state index in [2.05, 4.69) is 18.1 Å². The van der Waals surface area contributed by atoms with Crippen molar-refractivity contribution in [3.8, 4) is 0 Å². The van der Waals surface area contributed by atoms with E-state index >= 15 is 0 Å². The highest BCUT2D eigenvalue weighted by Crippen LogP contribution is 2.31. The summed E-state index contributed by atoms with van der Waals surface area (Å²) in [5, 5.41) is 9.39. The molecular formula is C12H10F3N3O. The third-order valence-corrected chi connectivity index (χ3v) is 2.18. The second kappa shape index (κ2) is 5.47. The molecule has 100 valence electrons. The van der Waals surface area contributed by atoms with Crippen LogP contribution in [0.3, 0.4) is 0 Å². The highest BCUT2D eigenvalue weighted by atomic mass is 19.4. The fourth-order valence-electron chi connectivity index (χ4n) is 1.19. The molecule has 1 rings (SSSR count). The molecule has 19 heavy (non-hydrogen) atoms. The number of carbonyl (C=O) groups is 1. The number of aromatic nitrogens is 1. The Kier molecular flexibility index (Phi) is 4.21. The van der Waals surface area contributed by atoms with Crippen LogP contribution in [0.15, 0.2) is 43.3 Å². The van der Waals surface area contributed by atoms with Gasteiger partial charge >= 0.3 is 6.18 Å². The lowest BCUT2D eigenvalue weighted by molar-refractivity contribution is -0.138. The van der Waals surface area contributed by atoms with Crippen LogP contribution in [0.2, 0.25) is 0 Å². The number of hydrogen-bond donors (Lipinski definition) is 2. The van der Waals surface area contributed by atoms with Gasteiger partial charge in [-0.15, -0.1) is 0 Å². The number of carbonyl (C=O) groups excluding carboxylic acids is 1. The third-order valence-electron chi connectivity index (χ3n) is 2.18. The van der Waals surface area contributed by atoms with E-state index in [-0.39, 0.29) is 5.57 Å². The molecule has 1 heterocycles. The second-order valence-corrected chi connectivity index (χ2v) is 3.48. The van der Waals surface area contributed by atoms with E-state index in [1.165, 1.54) is 6.08 Å². The molecule has 1 aromatic heterocycles. The molecule has 0 aliphatic carbocycles. The Bertz CT molecular complexity index is 549. The normalized spacial score (nSPS) is 10.7. The van der Waals surface area contributed by atoms with Gasteiger partial charge in [0.05, 0.1) is 11.1 Å². The molecule has 0 unspecified atom stereocenters. The minimum Gasteiger partial charge on any atom is -0.306 e. The summed E-state index contributed by atoms with van der Waals surface area (Å²) in [6, 6.07) is 0.695. The van der Waals surface area contributed by atoms with E-state index in [0.717, 1.165) is 12.4 Å². The van der Waals surface area contributed by atoms with E-state index in [0.29, 0.717) is 6.07 Å². The minimum atomic E-state index is -4.67. The van der Waals surface area contributed by atoms with Crippen LogP contribution in [0, 0.1) is 5.41 Å². The van der Waals surface area contributed by atoms with Gasteiger partial charge < -0.3 is 5.32 Å². The van der Waals surface area contributed by atoms with Gasteiger partial charge in [-0.2, -0.15) is 13.2 Å². The summed E-state index contributed by atoms with van der Waals surface area (Å²) >= 11 is 0. The minimum absolute atomic E-state index is 0.0887.